The van der Waals surface area contributed by atoms with Gasteiger partial charge in [0, 0.05) is 17.1 Å². The van der Waals surface area contributed by atoms with Gasteiger partial charge in [-0.15, -0.1) is 0 Å². The molecule has 0 aliphatic heterocycles. The van der Waals surface area contributed by atoms with E-state index >= 15 is 0 Å². The maximum atomic E-state index is 12.4. The number of benzene rings is 1. The zero-order chi connectivity index (χ0) is 14.7. The van der Waals surface area contributed by atoms with Crippen LogP contribution < -0.4 is 5.73 Å². The van der Waals surface area contributed by atoms with Crippen molar-refractivity contribution in [3.05, 3.63) is 40.7 Å². The number of anilines is 1. The van der Waals surface area contributed by atoms with Crippen molar-refractivity contribution in [3.8, 4) is 0 Å². The molecule has 0 bridgehead atoms. The van der Waals surface area contributed by atoms with E-state index in [-0.39, 0.29) is 0 Å². The minimum atomic E-state index is -1.15. The first-order valence-electron chi connectivity index (χ1n) is 6.54. The first kappa shape index (κ1) is 15.1. The molecule has 1 unspecified atom stereocenters. The maximum absolute atomic E-state index is 12.4. The molecule has 1 atom stereocenters. The van der Waals surface area contributed by atoms with Crippen LogP contribution in [0.4, 0.5) is 5.69 Å². The molecule has 2 N–H and O–H groups in total. The van der Waals surface area contributed by atoms with Crippen LogP contribution in [0.5, 0.6) is 0 Å². The van der Waals surface area contributed by atoms with Gasteiger partial charge in [0.15, 0.2) is 0 Å². The van der Waals surface area contributed by atoms with E-state index in [2.05, 4.69) is 5.10 Å². The number of hydrogen-bond acceptors (Lipinski definition) is 3. The average Bonchev–Trinajstić information content (AvgIpc) is 2.76. The zero-order valence-corrected chi connectivity index (χ0v) is 13.2. The number of nitrogens with zero attached hydrogens (tertiary/aromatic N) is 2. The number of nitrogen functional groups attached to an aromatic ring is 1. The van der Waals surface area contributed by atoms with Gasteiger partial charge in [-0.2, -0.15) is 5.10 Å². The van der Waals surface area contributed by atoms with Crippen molar-refractivity contribution < 1.29 is 4.21 Å². The number of hydrogen-bond donors (Lipinski definition) is 1. The van der Waals surface area contributed by atoms with E-state index < -0.39 is 10.8 Å². The summed E-state index contributed by atoms with van der Waals surface area (Å²) in [4.78, 5) is 0.747. The molecule has 1 aromatic heterocycles. The normalized spacial score (nSPS) is 12.6. The summed E-state index contributed by atoms with van der Waals surface area (Å²) in [7, 11) is -1.15. The molecule has 108 valence electrons. The predicted molar refractivity (Wildman–Crippen MR) is 83.3 cm³/mol. The van der Waals surface area contributed by atoms with Crippen LogP contribution in [0.2, 0.25) is 5.02 Å². The zero-order valence-electron chi connectivity index (χ0n) is 11.6. The van der Waals surface area contributed by atoms with Gasteiger partial charge in [0.05, 0.1) is 33.0 Å². The van der Waals surface area contributed by atoms with Crippen molar-refractivity contribution in [2.75, 3.05) is 5.73 Å². The molecule has 0 spiro atoms. The number of halogens is 1. The molecule has 1 heterocycles. The van der Waals surface area contributed by atoms with Gasteiger partial charge in [0.25, 0.3) is 0 Å². The second-order valence-electron chi connectivity index (χ2n) is 4.44. The first-order valence-corrected chi connectivity index (χ1v) is 8.24. The second-order valence-corrected chi connectivity index (χ2v) is 6.26. The molecule has 0 radical (unpaired) electrons. The molecule has 4 nitrogen and oxygen atoms in total. The molecule has 0 aliphatic rings. The van der Waals surface area contributed by atoms with E-state index in [1.54, 1.807) is 24.3 Å². The lowest BCUT2D eigenvalue weighted by Crippen LogP contribution is -2.06. The highest BCUT2D eigenvalue weighted by Gasteiger charge is 2.17. The monoisotopic (exact) mass is 311 g/mol. The Bertz CT molecular complexity index is 622. The van der Waals surface area contributed by atoms with Crippen LogP contribution in [0.3, 0.4) is 0 Å². The van der Waals surface area contributed by atoms with E-state index in [1.807, 2.05) is 18.5 Å². The van der Waals surface area contributed by atoms with Gasteiger partial charge in [0.2, 0.25) is 0 Å². The van der Waals surface area contributed by atoms with Crippen LogP contribution in [-0.2, 0) is 29.5 Å². The smallest absolute Gasteiger partial charge is 0.0859 e. The Kier molecular flexibility index (Phi) is 4.83. The Labute approximate surface area is 126 Å². The van der Waals surface area contributed by atoms with Crippen LogP contribution in [0.15, 0.2) is 29.2 Å². The Morgan fingerprint density at radius 2 is 1.95 bits per heavy atom. The Hall–Kier alpha value is -1.33. The maximum Gasteiger partial charge on any atom is 0.0859 e. The van der Waals surface area contributed by atoms with E-state index in [0.29, 0.717) is 23.0 Å². The molecular weight excluding hydrogens is 294 g/mol. The fourth-order valence-electron chi connectivity index (χ4n) is 1.98. The number of nitrogens with two attached hydrogens (primary N) is 1. The predicted octanol–water partition coefficient (Wildman–Crippen LogP) is 3.01. The fourth-order valence-corrected chi connectivity index (χ4v) is 3.55. The van der Waals surface area contributed by atoms with Crippen molar-refractivity contribution in [2.45, 2.75) is 37.5 Å². The number of aromatic nitrogens is 2. The Morgan fingerprint density at radius 3 is 2.50 bits per heavy atom. The van der Waals surface area contributed by atoms with Crippen molar-refractivity contribution in [1.82, 2.24) is 9.78 Å². The van der Waals surface area contributed by atoms with Crippen LogP contribution in [0, 0.1) is 0 Å². The highest BCUT2D eigenvalue weighted by molar-refractivity contribution is 7.84. The highest BCUT2D eigenvalue weighted by atomic mass is 35.5. The quantitative estimate of drug-likeness (QED) is 0.863. The number of rotatable bonds is 5. The minimum absolute atomic E-state index is 0.365. The van der Waals surface area contributed by atoms with Crippen LogP contribution in [0.1, 0.15) is 25.2 Å². The summed E-state index contributed by atoms with van der Waals surface area (Å²) in [6.45, 7) is 4.72. The topological polar surface area (TPSA) is 60.9 Å². The summed E-state index contributed by atoms with van der Waals surface area (Å²) in [5.41, 5.74) is 7.99. The van der Waals surface area contributed by atoms with Gasteiger partial charge in [0.1, 0.15) is 0 Å². The third kappa shape index (κ3) is 3.04. The van der Waals surface area contributed by atoms with E-state index in [9.17, 15) is 4.21 Å². The summed E-state index contributed by atoms with van der Waals surface area (Å²) in [6, 6.07) is 7.08. The molecule has 2 aromatic rings. The second kappa shape index (κ2) is 6.41. The number of aryl methyl sites for hydroxylation is 2. The Balaban J connectivity index is 2.27. The van der Waals surface area contributed by atoms with Gasteiger partial charge in [-0.1, -0.05) is 18.5 Å². The van der Waals surface area contributed by atoms with Crippen LogP contribution in [0.25, 0.3) is 0 Å². The lowest BCUT2D eigenvalue weighted by Gasteiger charge is -2.06. The van der Waals surface area contributed by atoms with Gasteiger partial charge < -0.3 is 5.73 Å². The van der Waals surface area contributed by atoms with Gasteiger partial charge in [-0.3, -0.25) is 8.89 Å². The first-order chi connectivity index (χ1) is 9.56. The molecule has 0 saturated carbocycles. The van der Waals surface area contributed by atoms with Crippen LogP contribution >= 0.6 is 11.6 Å². The summed E-state index contributed by atoms with van der Waals surface area (Å²) in [6.07, 6.45) is 0.771. The van der Waals surface area contributed by atoms with Crippen LogP contribution in [-0.4, -0.2) is 14.0 Å². The van der Waals surface area contributed by atoms with E-state index in [0.717, 1.165) is 22.7 Å². The summed E-state index contributed by atoms with van der Waals surface area (Å²) >= 11 is 6.33. The van der Waals surface area contributed by atoms with Gasteiger partial charge in [-0.05, 0) is 37.6 Å². The van der Waals surface area contributed by atoms with E-state index in [1.165, 1.54) is 0 Å². The van der Waals surface area contributed by atoms with Gasteiger partial charge >= 0.3 is 0 Å². The summed E-state index contributed by atoms with van der Waals surface area (Å²) < 4.78 is 14.2. The molecular formula is C14H18ClN3OS. The van der Waals surface area contributed by atoms with Crippen molar-refractivity contribution in [2.24, 2.45) is 0 Å². The molecule has 1 aromatic carbocycles. The SMILES string of the molecule is CCc1nn(CC)c(CS(=O)c2ccc(N)cc2)c1Cl. The molecule has 0 aliphatic carbocycles. The van der Waals surface area contributed by atoms with Gasteiger partial charge in [-0.25, -0.2) is 0 Å². The standard InChI is InChI=1S/C14H18ClN3OS/c1-3-12-14(15)13(18(4-2)17-12)9-20(19)11-7-5-10(16)6-8-11/h5-8H,3-4,9,16H2,1-2H3. The average molecular weight is 312 g/mol. The lowest BCUT2D eigenvalue weighted by molar-refractivity contribution is 0.623. The van der Waals surface area contributed by atoms with Crippen molar-refractivity contribution >= 4 is 28.1 Å². The Morgan fingerprint density at radius 1 is 1.30 bits per heavy atom. The van der Waals surface area contributed by atoms with E-state index in [4.69, 9.17) is 17.3 Å². The highest BCUT2D eigenvalue weighted by Crippen LogP contribution is 2.24. The molecule has 20 heavy (non-hydrogen) atoms. The molecule has 0 amide bonds. The third-order valence-electron chi connectivity index (χ3n) is 3.10. The van der Waals surface area contributed by atoms with Crippen molar-refractivity contribution in [3.63, 3.8) is 0 Å². The molecule has 0 fully saturated rings. The minimum Gasteiger partial charge on any atom is -0.399 e. The largest absolute Gasteiger partial charge is 0.399 e. The molecule has 0 saturated heterocycles. The lowest BCUT2D eigenvalue weighted by atomic mass is 10.3. The third-order valence-corrected chi connectivity index (χ3v) is 4.87. The molecule has 6 heteroatoms. The summed E-state index contributed by atoms with van der Waals surface area (Å²) in [5, 5.41) is 5.08. The van der Waals surface area contributed by atoms with Crippen molar-refractivity contribution in [1.29, 1.82) is 0 Å². The molecule has 2 rings (SSSR count). The fraction of sp³-hybridized carbons (Fsp3) is 0.357. The summed E-state index contributed by atoms with van der Waals surface area (Å²) in [5.74, 6) is 0.365.